The highest BCUT2D eigenvalue weighted by atomic mass is 19.1. The molecule has 0 aliphatic rings. The van der Waals surface area contributed by atoms with Crippen LogP contribution >= 0.6 is 0 Å². The van der Waals surface area contributed by atoms with E-state index in [1.165, 1.54) is 6.07 Å². The number of halogens is 1. The number of aromatic hydroxyl groups is 1. The largest absolute Gasteiger partial charge is 0.508 e. The molecule has 5 aromatic rings. The highest BCUT2D eigenvalue weighted by molar-refractivity contribution is 5.96. The summed E-state index contributed by atoms with van der Waals surface area (Å²) >= 11 is 0. The standard InChI is InChI=1S/C37H38FN7O5/c38-32-10-5-4-9-28(32)25-40-34(48)27-12-14-29(15-13-27)41-36-43-35(44-37(45-36)42-30-16-18-31(46)19-17-30)39-20-22-50-24-23-49-21-6-11-33(47)26-7-2-1-3-8-26/h1-5,7-10,12-19,46H,6,11,20-25H2,(H,40,48)(H3,39,41,42,43,44,45). The third kappa shape index (κ3) is 11.4. The van der Waals surface area contributed by atoms with Crippen LogP contribution in [-0.2, 0) is 16.0 Å². The van der Waals surface area contributed by atoms with Crippen LogP contribution in [0.3, 0.4) is 0 Å². The van der Waals surface area contributed by atoms with Gasteiger partial charge in [-0.1, -0.05) is 48.5 Å². The van der Waals surface area contributed by atoms with Gasteiger partial charge in [0.1, 0.15) is 11.6 Å². The fraction of sp³-hybridized carbons (Fsp3) is 0.216. The van der Waals surface area contributed by atoms with Gasteiger partial charge in [-0.3, -0.25) is 9.59 Å². The van der Waals surface area contributed by atoms with Gasteiger partial charge in [-0.25, -0.2) is 4.39 Å². The molecule has 0 spiro atoms. The van der Waals surface area contributed by atoms with Gasteiger partial charge < -0.3 is 35.8 Å². The van der Waals surface area contributed by atoms with Gasteiger partial charge in [-0.05, 0) is 61.0 Å². The molecule has 1 heterocycles. The number of phenolic OH excluding ortho intramolecular Hbond substituents is 1. The van der Waals surface area contributed by atoms with E-state index >= 15 is 0 Å². The van der Waals surface area contributed by atoms with Crippen molar-refractivity contribution in [2.24, 2.45) is 0 Å². The lowest BCUT2D eigenvalue weighted by Gasteiger charge is -2.12. The second-order valence-electron chi connectivity index (χ2n) is 11.0. The van der Waals surface area contributed by atoms with Crippen molar-refractivity contribution in [1.29, 1.82) is 0 Å². The van der Waals surface area contributed by atoms with E-state index in [2.05, 4.69) is 36.2 Å². The first-order chi connectivity index (χ1) is 24.4. The molecular weight excluding hydrogens is 641 g/mol. The number of benzene rings is 4. The van der Waals surface area contributed by atoms with E-state index in [9.17, 15) is 19.1 Å². The maximum absolute atomic E-state index is 13.9. The fourth-order valence-electron chi connectivity index (χ4n) is 4.65. The summed E-state index contributed by atoms with van der Waals surface area (Å²) < 4.78 is 25.2. The molecule has 0 saturated heterocycles. The molecule has 13 heteroatoms. The third-order valence-electron chi connectivity index (χ3n) is 7.25. The van der Waals surface area contributed by atoms with Gasteiger partial charge in [-0.2, -0.15) is 15.0 Å². The lowest BCUT2D eigenvalue weighted by molar-refractivity contribution is 0.0497. The number of hydrogen-bond acceptors (Lipinski definition) is 11. The molecule has 0 radical (unpaired) electrons. The summed E-state index contributed by atoms with van der Waals surface area (Å²) in [7, 11) is 0. The van der Waals surface area contributed by atoms with E-state index in [4.69, 9.17) is 9.47 Å². The number of anilines is 5. The maximum Gasteiger partial charge on any atom is 0.251 e. The van der Waals surface area contributed by atoms with Crippen LogP contribution in [0, 0.1) is 5.82 Å². The van der Waals surface area contributed by atoms with Crippen molar-refractivity contribution in [1.82, 2.24) is 20.3 Å². The molecule has 12 nitrogen and oxygen atoms in total. The molecule has 0 fully saturated rings. The Bertz CT molecular complexity index is 1830. The Morgan fingerprint density at radius 2 is 1.26 bits per heavy atom. The number of nitrogens with zero attached hydrogens (tertiary/aromatic N) is 3. The average molecular weight is 680 g/mol. The van der Waals surface area contributed by atoms with E-state index in [1.807, 2.05) is 30.3 Å². The Balaban J connectivity index is 1.09. The minimum Gasteiger partial charge on any atom is -0.508 e. The van der Waals surface area contributed by atoms with Crippen molar-refractivity contribution in [2.75, 3.05) is 48.9 Å². The Labute approximate surface area is 289 Å². The zero-order valence-electron chi connectivity index (χ0n) is 27.3. The van der Waals surface area contributed by atoms with E-state index in [1.54, 1.807) is 66.7 Å². The number of phenols is 1. The summed E-state index contributed by atoms with van der Waals surface area (Å²) in [6.45, 7) is 2.12. The summed E-state index contributed by atoms with van der Waals surface area (Å²) in [5, 5.41) is 21.7. The number of hydrogen-bond donors (Lipinski definition) is 5. The SMILES string of the molecule is O=C(CCCOCCOCCNc1nc(Nc2ccc(O)cc2)nc(Nc2ccc(C(=O)NCc3ccccc3F)cc2)n1)c1ccccc1. The first kappa shape index (κ1) is 35.4. The van der Waals surface area contributed by atoms with Gasteiger partial charge in [0.05, 0.1) is 19.8 Å². The van der Waals surface area contributed by atoms with Crippen LogP contribution in [0.4, 0.5) is 33.6 Å². The van der Waals surface area contributed by atoms with Crippen LogP contribution in [0.1, 0.15) is 39.1 Å². The van der Waals surface area contributed by atoms with Crippen LogP contribution < -0.4 is 21.3 Å². The molecule has 0 bridgehead atoms. The lowest BCUT2D eigenvalue weighted by atomic mass is 10.1. The topological polar surface area (TPSA) is 160 Å². The van der Waals surface area contributed by atoms with Crippen molar-refractivity contribution < 1.29 is 28.6 Å². The zero-order chi connectivity index (χ0) is 35.0. The molecule has 5 rings (SSSR count). The molecule has 50 heavy (non-hydrogen) atoms. The van der Waals surface area contributed by atoms with Gasteiger partial charge in [0, 0.05) is 54.2 Å². The predicted molar refractivity (Wildman–Crippen MR) is 189 cm³/mol. The molecule has 0 aliphatic heterocycles. The van der Waals surface area contributed by atoms with E-state index in [-0.39, 0.29) is 47.6 Å². The van der Waals surface area contributed by atoms with E-state index < -0.39 is 0 Å². The van der Waals surface area contributed by atoms with Crippen LogP contribution in [0.5, 0.6) is 5.75 Å². The number of ether oxygens (including phenoxy) is 2. The van der Waals surface area contributed by atoms with E-state index in [0.29, 0.717) is 73.9 Å². The number of aromatic nitrogens is 3. The second kappa shape index (κ2) is 18.6. The van der Waals surface area contributed by atoms with Crippen molar-refractivity contribution in [3.05, 3.63) is 126 Å². The molecule has 0 unspecified atom stereocenters. The molecule has 1 amide bonds. The number of amides is 1. The van der Waals surface area contributed by atoms with Crippen molar-refractivity contribution >= 4 is 40.9 Å². The quantitative estimate of drug-likeness (QED) is 0.0382. The molecular formula is C37H38FN7O5. The van der Waals surface area contributed by atoms with Crippen molar-refractivity contribution in [2.45, 2.75) is 19.4 Å². The number of rotatable bonds is 19. The Morgan fingerprint density at radius 1 is 0.660 bits per heavy atom. The Morgan fingerprint density at radius 3 is 1.94 bits per heavy atom. The zero-order valence-corrected chi connectivity index (χ0v) is 27.3. The number of ketones is 1. The summed E-state index contributed by atoms with van der Waals surface area (Å²) in [6, 6.07) is 28.7. The van der Waals surface area contributed by atoms with Gasteiger partial charge in [0.25, 0.3) is 5.91 Å². The molecule has 4 aromatic carbocycles. The van der Waals surface area contributed by atoms with Gasteiger partial charge >= 0.3 is 0 Å². The first-order valence-electron chi connectivity index (χ1n) is 16.1. The predicted octanol–water partition coefficient (Wildman–Crippen LogP) is 6.24. The summed E-state index contributed by atoms with van der Waals surface area (Å²) in [4.78, 5) is 38.2. The average Bonchev–Trinajstić information content (AvgIpc) is 3.13. The molecule has 0 aliphatic carbocycles. The third-order valence-corrected chi connectivity index (χ3v) is 7.25. The number of carbonyl (C=O) groups excluding carboxylic acids is 2. The number of carbonyl (C=O) groups is 2. The monoisotopic (exact) mass is 679 g/mol. The lowest BCUT2D eigenvalue weighted by Crippen LogP contribution is -2.23. The van der Waals surface area contributed by atoms with Crippen LogP contribution in [0.25, 0.3) is 0 Å². The summed E-state index contributed by atoms with van der Waals surface area (Å²) in [5.41, 5.74) is 2.79. The normalized spacial score (nSPS) is 10.7. The van der Waals surface area contributed by atoms with Gasteiger partial charge in [-0.15, -0.1) is 0 Å². The van der Waals surface area contributed by atoms with Crippen molar-refractivity contribution in [3.63, 3.8) is 0 Å². The second-order valence-corrected chi connectivity index (χ2v) is 11.0. The highest BCUT2D eigenvalue weighted by Crippen LogP contribution is 2.21. The minimum absolute atomic E-state index is 0.0700. The minimum atomic E-state index is -0.378. The number of nitrogens with one attached hydrogen (secondary N) is 4. The highest BCUT2D eigenvalue weighted by Gasteiger charge is 2.11. The molecule has 1 aromatic heterocycles. The first-order valence-corrected chi connectivity index (χ1v) is 16.1. The Kier molecular flexibility index (Phi) is 13.1. The molecule has 258 valence electrons. The number of Topliss-reactive ketones (excluding diaryl/α,β-unsaturated/α-hetero) is 1. The molecule has 0 saturated carbocycles. The Hall–Kier alpha value is -5.92. The molecule has 5 N–H and O–H groups in total. The summed E-state index contributed by atoms with van der Waals surface area (Å²) in [6.07, 6.45) is 1.07. The van der Waals surface area contributed by atoms with Gasteiger partial charge in [0.15, 0.2) is 5.78 Å². The van der Waals surface area contributed by atoms with Crippen LogP contribution in [-0.4, -0.2) is 64.7 Å². The molecule has 0 atom stereocenters. The maximum atomic E-state index is 13.9. The summed E-state index contributed by atoms with van der Waals surface area (Å²) in [5.74, 6) is 0.291. The fourth-order valence-corrected chi connectivity index (χ4v) is 4.65. The van der Waals surface area contributed by atoms with Crippen LogP contribution in [0.15, 0.2) is 103 Å². The van der Waals surface area contributed by atoms with Crippen molar-refractivity contribution in [3.8, 4) is 5.75 Å². The van der Waals surface area contributed by atoms with E-state index in [0.717, 1.165) is 0 Å². The van der Waals surface area contributed by atoms with Crippen LogP contribution in [0.2, 0.25) is 0 Å². The smallest absolute Gasteiger partial charge is 0.251 e. The van der Waals surface area contributed by atoms with Gasteiger partial charge in [0.2, 0.25) is 17.8 Å².